The Bertz CT molecular complexity index is 748. The third kappa shape index (κ3) is 6.11. The maximum Gasteiger partial charge on any atom is 0.271 e. The van der Waals surface area contributed by atoms with E-state index in [9.17, 15) is 19.2 Å². The first-order chi connectivity index (χ1) is 12.8. The number of rotatable bonds is 4. The average Bonchev–Trinajstić information content (AvgIpc) is 2.66. The number of nitrogens with one attached hydrogen (secondary N) is 2. The van der Waals surface area contributed by atoms with Crippen LogP contribution in [0.2, 0.25) is 10.0 Å². The predicted molar refractivity (Wildman–Crippen MR) is 100 cm³/mol. The van der Waals surface area contributed by atoms with Gasteiger partial charge < -0.3 is 9.80 Å². The topological polar surface area (TPSA) is 98.8 Å². The molecule has 0 atom stereocenters. The van der Waals surface area contributed by atoms with Gasteiger partial charge in [0.15, 0.2) is 0 Å². The van der Waals surface area contributed by atoms with Gasteiger partial charge in [0, 0.05) is 51.0 Å². The number of nitrogens with zero attached hydrogens (tertiary/aromatic N) is 2. The van der Waals surface area contributed by atoms with E-state index in [0.717, 1.165) is 0 Å². The molecule has 0 radical (unpaired) electrons. The first-order valence-electron chi connectivity index (χ1n) is 8.35. The summed E-state index contributed by atoms with van der Waals surface area (Å²) >= 11 is 11.7. The van der Waals surface area contributed by atoms with E-state index in [-0.39, 0.29) is 35.2 Å². The van der Waals surface area contributed by atoms with Crippen molar-refractivity contribution in [3.63, 3.8) is 0 Å². The van der Waals surface area contributed by atoms with Crippen LogP contribution in [0.15, 0.2) is 18.2 Å². The molecule has 0 aromatic heterocycles. The van der Waals surface area contributed by atoms with Crippen LogP contribution in [0, 0.1) is 0 Å². The van der Waals surface area contributed by atoms with Gasteiger partial charge in [-0.2, -0.15) is 0 Å². The summed E-state index contributed by atoms with van der Waals surface area (Å²) in [4.78, 5) is 50.6. The largest absolute Gasteiger partial charge is 0.339 e. The lowest BCUT2D eigenvalue weighted by Crippen LogP contribution is -2.50. The third-order valence-corrected chi connectivity index (χ3v) is 4.70. The van der Waals surface area contributed by atoms with E-state index in [1.807, 2.05) is 0 Å². The molecule has 1 aromatic rings. The van der Waals surface area contributed by atoms with Gasteiger partial charge in [-0.1, -0.05) is 23.2 Å². The summed E-state index contributed by atoms with van der Waals surface area (Å²) in [5.74, 6) is -1.30. The van der Waals surface area contributed by atoms with E-state index < -0.39 is 11.8 Å². The third-order valence-electron chi connectivity index (χ3n) is 4.13. The van der Waals surface area contributed by atoms with E-state index in [1.165, 1.54) is 19.1 Å². The molecule has 1 aliphatic rings. The fraction of sp³-hybridized carbons (Fsp3) is 0.412. The van der Waals surface area contributed by atoms with Crippen LogP contribution in [0.25, 0.3) is 0 Å². The van der Waals surface area contributed by atoms with Gasteiger partial charge in [-0.25, -0.2) is 0 Å². The Morgan fingerprint density at radius 1 is 0.963 bits per heavy atom. The molecule has 2 N–H and O–H groups in total. The monoisotopic (exact) mass is 414 g/mol. The fourth-order valence-electron chi connectivity index (χ4n) is 2.58. The molecule has 8 nitrogen and oxygen atoms in total. The second kappa shape index (κ2) is 9.57. The Labute approximate surface area is 166 Å². The molecule has 0 spiro atoms. The molecule has 4 amide bonds. The Morgan fingerprint density at radius 2 is 1.59 bits per heavy atom. The normalized spacial score (nSPS) is 13.9. The number of piperazine rings is 1. The lowest BCUT2D eigenvalue weighted by atomic mass is 10.2. The molecule has 1 aromatic carbocycles. The molecule has 0 saturated carbocycles. The van der Waals surface area contributed by atoms with Crippen molar-refractivity contribution in [3.05, 3.63) is 33.8 Å². The molecule has 10 heteroatoms. The number of amides is 4. The van der Waals surface area contributed by atoms with E-state index in [0.29, 0.717) is 31.2 Å². The van der Waals surface area contributed by atoms with E-state index in [2.05, 4.69) is 10.9 Å². The molecule has 146 valence electrons. The SMILES string of the molecule is CC(=O)N1CCN(C(=O)CCC(=O)NNC(=O)c2cc(Cl)ccc2Cl)CC1. The standard InChI is InChI=1S/C17H20Cl2N4O4/c1-11(24)22-6-8-23(9-7-22)16(26)5-4-15(25)20-21-17(27)13-10-12(18)2-3-14(13)19/h2-3,10H,4-9H2,1H3,(H,20,25)(H,21,27). The van der Waals surface area contributed by atoms with Crippen molar-refractivity contribution >= 4 is 46.8 Å². The van der Waals surface area contributed by atoms with Crippen molar-refractivity contribution < 1.29 is 19.2 Å². The van der Waals surface area contributed by atoms with Crippen LogP contribution in [0.3, 0.4) is 0 Å². The van der Waals surface area contributed by atoms with E-state index >= 15 is 0 Å². The highest BCUT2D eigenvalue weighted by Gasteiger charge is 2.22. The van der Waals surface area contributed by atoms with Crippen LogP contribution < -0.4 is 10.9 Å². The minimum atomic E-state index is -0.609. The molecule has 0 unspecified atom stereocenters. The number of halogens is 2. The van der Waals surface area contributed by atoms with Gasteiger partial charge in [0.25, 0.3) is 5.91 Å². The fourth-order valence-corrected chi connectivity index (χ4v) is 2.95. The summed E-state index contributed by atoms with van der Waals surface area (Å²) in [5, 5.41) is 0.539. The maximum atomic E-state index is 12.1. The van der Waals surface area contributed by atoms with Gasteiger partial charge in [-0.15, -0.1) is 0 Å². The van der Waals surface area contributed by atoms with Crippen LogP contribution in [0.5, 0.6) is 0 Å². The number of benzene rings is 1. The van der Waals surface area contributed by atoms with Crippen LogP contribution in [0.4, 0.5) is 0 Å². The molecule has 0 bridgehead atoms. The highest BCUT2D eigenvalue weighted by atomic mass is 35.5. The van der Waals surface area contributed by atoms with Crippen LogP contribution in [0.1, 0.15) is 30.1 Å². The molecular formula is C17H20Cl2N4O4. The summed E-state index contributed by atoms with van der Waals surface area (Å²) in [6.07, 6.45) is -0.0605. The van der Waals surface area contributed by atoms with Gasteiger partial charge in [0.2, 0.25) is 17.7 Å². The van der Waals surface area contributed by atoms with Gasteiger partial charge in [-0.05, 0) is 18.2 Å². The summed E-state index contributed by atoms with van der Waals surface area (Å²) in [7, 11) is 0. The Morgan fingerprint density at radius 3 is 2.22 bits per heavy atom. The average molecular weight is 415 g/mol. The van der Waals surface area contributed by atoms with Crippen molar-refractivity contribution in [1.82, 2.24) is 20.7 Å². The first kappa shape index (κ1) is 21.0. The molecule has 1 aliphatic heterocycles. The molecule has 1 saturated heterocycles. The number of carbonyl (C=O) groups is 4. The number of hydrazine groups is 1. The summed E-state index contributed by atoms with van der Waals surface area (Å²) in [5.41, 5.74) is 4.61. The first-order valence-corrected chi connectivity index (χ1v) is 9.11. The zero-order valence-corrected chi connectivity index (χ0v) is 16.3. The number of hydrogen-bond donors (Lipinski definition) is 2. The van der Waals surface area contributed by atoms with Gasteiger partial charge >= 0.3 is 0 Å². The van der Waals surface area contributed by atoms with E-state index in [4.69, 9.17) is 23.2 Å². The van der Waals surface area contributed by atoms with Gasteiger partial charge in [-0.3, -0.25) is 30.0 Å². The van der Waals surface area contributed by atoms with Crippen molar-refractivity contribution in [2.45, 2.75) is 19.8 Å². The molecular weight excluding hydrogens is 395 g/mol. The smallest absolute Gasteiger partial charge is 0.271 e. The minimum Gasteiger partial charge on any atom is -0.339 e. The maximum absolute atomic E-state index is 12.1. The van der Waals surface area contributed by atoms with Crippen molar-refractivity contribution in [2.75, 3.05) is 26.2 Å². The lowest BCUT2D eigenvalue weighted by molar-refractivity contribution is -0.139. The summed E-state index contributed by atoms with van der Waals surface area (Å²) in [6.45, 7) is 3.37. The zero-order valence-electron chi connectivity index (χ0n) is 14.8. The Balaban J connectivity index is 1.73. The minimum absolute atomic E-state index is 0.0136. The Kier molecular flexibility index (Phi) is 7.44. The summed E-state index contributed by atoms with van der Waals surface area (Å²) in [6, 6.07) is 4.40. The molecule has 1 heterocycles. The molecule has 2 rings (SSSR count). The number of carbonyl (C=O) groups excluding carboxylic acids is 4. The quantitative estimate of drug-likeness (QED) is 0.723. The second-order valence-electron chi connectivity index (χ2n) is 6.01. The van der Waals surface area contributed by atoms with Gasteiger partial charge in [0.1, 0.15) is 0 Å². The highest BCUT2D eigenvalue weighted by molar-refractivity contribution is 6.35. The van der Waals surface area contributed by atoms with Crippen molar-refractivity contribution in [1.29, 1.82) is 0 Å². The number of hydrogen-bond acceptors (Lipinski definition) is 4. The highest BCUT2D eigenvalue weighted by Crippen LogP contribution is 2.20. The lowest BCUT2D eigenvalue weighted by Gasteiger charge is -2.34. The molecule has 0 aliphatic carbocycles. The molecule has 27 heavy (non-hydrogen) atoms. The van der Waals surface area contributed by atoms with Gasteiger partial charge in [0.05, 0.1) is 10.6 Å². The summed E-state index contributed by atoms with van der Waals surface area (Å²) < 4.78 is 0. The Hall–Kier alpha value is -2.32. The van der Waals surface area contributed by atoms with Crippen LogP contribution >= 0.6 is 23.2 Å². The zero-order chi connectivity index (χ0) is 20.0. The second-order valence-corrected chi connectivity index (χ2v) is 6.86. The van der Waals surface area contributed by atoms with Crippen LogP contribution in [-0.2, 0) is 14.4 Å². The molecule has 1 fully saturated rings. The predicted octanol–water partition coefficient (Wildman–Crippen LogP) is 1.23. The van der Waals surface area contributed by atoms with Crippen molar-refractivity contribution in [2.24, 2.45) is 0 Å². The van der Waals surface area contributed by atoms with E-state index in [1.54, 1.807) is 15.9 Å². The van der Waals surface area contributed by atoms with Crippen LogP contribution in [-0.4, -0.2) is 59.6 Å². The van der Waals surface area contributed by atoms with Crippen molar-refractivity contribution in [3.8, 4) is 0 Å².